The molecule has 4 N–H and O–H groups in total. The predicted octanol–water partition coefficient (Wildman–Crippen LogP) is 0.486. The standard InChI is InChI=1S/C9H10FNO3/c10-6-1-2-8(12)5(3-6)4-7(11)9(13)14/h1-3,7,12H,4,11H2,(H,13,14)/i10-1. The summed E-state index contributed by atoms with van der Waals surface area (Å²) in [4.78, 5) is 10.4. The summed E-state index contributed by atoms with van der Waals surface area (Å²) in [6, 6.07) is 2.19. The van der Waals surface area contributed by atoms with Crippen molar-refractivity contribution in [1.29, 1.82) is 0 Å². The van der Waals surface area contributed by atoms with Crippen molar-refractivity contribution in [2.24, 2.45) is 5.73 Å². The highest BCUT2D eigenvalue weighted by Gasteiger charge is 2.14. The normalized spacial score (nSPS) is 12.4. The third kappa shape index (κ3) is 2.43. The van der Waals surface area contributed by atoms with Crippen LogP contribution in [0.25, 0.3) is 0 Å². The first kappa shape index (κ1) is 10.5. The zero-order valence-corrected chi connectivity index (χ0v) is 7.27. The van der Waals surface area contributed by atoms with Crippen LogP contribution in [0, 0.1) is 5.82 Å². The molecule has 1 unspecified atom stereocenters. The molecule has 14 heavy (non-hydrogen) atoms. The molecule has 1 atom stereocenters. The summed E-state index contributed by atoms with van der Waals surface area (Å²) < 4.78 is 12.7. The van der Waals surface area contributed by atoms with Gasteiger partial charge in [0.05, 0.1) is 0 Å². The van der Waals surface area contributed by atoms with Gasteiger partial charge in [-0.25, -0.2) is 4.39 Å². The number of halogens is 1. The van der Waals surface area contributed by atoms with Gasteiger partial charge in [-0.2, -0.15) is 0 Å². The van der Waals surface area contributed by atoms with Gasteiger partial charge >= 0.3 is 5.97 Å². The van der Waals surface area contributed by atoms with Crippen molar-refractivity contribution in [3.8, 4) is 5.75 Å². The number of carboxylic acid groups (broad SMARTS) is 1. The van der Waals surface area contributed by atoms with E-state index in [9.17, 15) is 14.3 Å². The Hall–Kier alpha value is -1.62. The number of benzene rings is 1. The molecule has 0 heterocycles. The largest absolute Gasteiger partial charge is 0.508 e. The molecule has 0 amide bonds. The van der Waals surface area contributed by atoms with Crippen molar-refractivity contribution in [1.82, 2.24) is 0 Å². The average molecular weight is 198 g/mol. The van der Waals surface area contributed by atoms with Gasteiger partial charge in [-0.05, 0) is 23.8 Å². The Balaban J connectivity index is 2.85. The smallest absolute Gasteiger partial charge is 0.320 e. The number of phenols is 1. The second-order valence-electron chi connectivity index (χ2n) is 2.92. The Bertz CT molecular complexity index is 354. The van der Waals surface area contributed by atoms with Gasteiger partial charge in [0.1, 0.15) is 17.6 Å². The summed E-state index contributed by atoms with van der Waals surface area (Å²) in [7, 11) is 0. The molecule has 1 aromatic rings. The van der Waals surface area contributed by atoms with Crippen molar-refractivity contribution in [3.05, 3.63) is 29.6 Å². The maximum absolute atomic E-state index is 12.7. The highest BCUT2D eigenvalue weighted by Crippen LogP contribution is 2.18. The minimum Gasteiger partial charge on any atom is -0.508 e. The van der Waals surface area contributed by atoms with Crippen LogP contribution in [0.4, 0.5) is 4.39 Å². The van der Waals surface area contributed by atoms with E-state index >= 15 is 0 Å². The number of rotatable bonds is 3. The molecule has 0 aromatic heterocycles. The molecular formula is C9H10FNO3. The molecule has 76 valence electrons. The molecule has 0 aliphatic rings. The molecule has 0 fully saturated rings. The summed E-state index contributed by atoms with van der Waals surface area (Å²) in [6.07, 6.45) is -0.0983. The quantitative estimate of drug-likeness (QED) is 0.659. The zero-order valence-electron chi connectivity index (χ0n) is 7.27. The molecule has 0 bridgehead atoms. The van der Waals surface area contributed by atoms with Crippen LogP contribution < -0.4 is 5.73 Å². The Morgan fingerprint density at radius 1 is 1.57 bits per heavy atom. The maximum Gasteiger partial charge on any atom is 0.320 e. The number of nitrogens with two attached hydrogens (primary N) is 1. The van der Waals surface area contributed by atoms with E-state index in [0.29, 0.717) is 0 Å². The fraction of sp³-hybridized carbons (Fsp3) is 0.222. The van der Waals surface area contributed by atoms with E-state index in [1.807, 2.05) is 0 Å². The minimum atomic E-state index is -1.19. The van der Waals surface area contributed by atoms with Crippen LogP contribution in [-0.2, 0) is 11.2 Å². The van der Waals surface area contributed by atoms with Crippen molar-refractivity contribution in [2.75, 3.05) is 0 Å². The summed E-state index contributed by atoms with van der Waals surface area (Å²) in [6.45, 7) is 0. The van der Waals surface area contributed by atoms with Crippen LogP contribution in [0.15, 0.2) is 18.2 Å². The lowest BCUT2D eigenvalue weighted by atomic mass is 10.1. The lowest BCUT2D eigenvalue weighted by molar-refractivity contribution is -0.138. The molecule has 1 aromatic carbocycles. The minimum absolute atomic E-state index is 0.0983. The number of carboxylic acids is 1. The fourth-order valence-corrected chi connectivity index (χ4v) is 1.04. The van der Waals surface area contributed by atoms with Gasteiger partial charge < -0.3 is 15.9 Å². The molecule has 0 saturated carbocycles. The van der Waals surface area contributed by atoms with Gasteiger partial charge in [0, 0.05) is 6.42 Å². The van der Waals surface area contributed by atoms with E-state index in [4.69, 9.17) is 10.8 Å². The van der Waals surface area contributed by atoms with Gasteiger partial charge in [-0.3, -0.25) is 4.79 Å². The van der Waals surface area contributed by atoms with E-state index in [2.05, 4.69) is 0 Å². The zero-order chi connectivity index (χ0) is 10.7. The van der Waals surface area contributed by atoms with Gasteiger partial charge in [0.2, 0.25) is 0 Å². The second kappa shape index (κ2) is 4.06. The molecular weight excluding hydrogens is 188 g/mol. The summed E-state index contributed by atoms with van der Waals surface area (Å²) in [5.74, 6) is -1.87. The van der Waals surface area contributed by atoms with E-state index in [0.717, 1.165) is 12.1 Å². The number of carbonyl (C=O) groups is 1. The Labute approximate surface area is 79.8 Å². The molecule has 0 radical (unpaired) electrons. The van der Waals surface area contributed by atoms with Crippen LogP contribution in [0.5, 0.6) is 5.75 Å². The van der Waals surface area contributed by atoms with Gasteiger partial charge in [-0.1, -0.05) is 0 Å². The van der Waals surface area contributed by atoms with E-state index in [1.165, 1.54) is 6.07 Å². The maximum atomic E-state index is 12.7. The molecule has 4 nitrogen and oxygen atoms in total. The number of hydrogen-bond donors (Lipinski definition) is 3. The van der Waals surface area contributed by atoms with Crippen molar-refractivity contribution in [3.63, 3.8) is 0 Å². The highest BCUT2D eigenvalue weighted by molar-refractivity contribution is 5.73. The van der Waals surface area contributed by atoms with E-state index in [-0.39, 0.29) is 17.7 Å². The van der Waals surface area contributed by atoms with Gasteiger partial charge in [-0.15, -0.1) is 0 Å². The van der Waals surface area contributed by atoms with Gasteiger partial charge in [0.15, 0.2) is 0 Å². The van der Waals surface area contributed by atoms with E-state index < -0.39 is 17.8 Å². The predicted molar refractivity (Wildman–Crippen MR) is 47.4 cm³/mol. The number of aliphatic carboxylic acids is 1. The summed E-state index contributed by atoms with van der Waals surface area (Å²) in [5, 5.41) is 17.8. The first-order chi connectivity index (χ1) is 6.50. The fourth-order valence-electron chi connectivity index (χ4n) is 1.04. The number of aromatic hydroxyl groups is 1. The Kier molecular flexibility index (Phi) is 3.03. The topological polar surface area (TPSA) is 83.5 Å². The molecule has 0 saturated heterocycles. The van der Waals surface area contributed by atoms with Crippen LogP contribution >= 0.6 is 0 Å². The molecule has 5 heteroatoms. The first-order valence-electron chi connectivity index (χ1n) is 3.96. The third-order valence-corrected chi connectivity index (χ3v) is 1.80. The first-order valence-corrected chi connectivity index (χ1v) is 3.96. The van der Waals surface area contributed by atoms with E-state index in [1.54, 1.807) is 0 Å². The number of hydrogen-bond acceptors (Lipinski definition) is 3. The average Bonchev–Trinajstić information content (AvgIpc) is 2.11. The lowest BCUT2D eigenvalue weighted by Gasteiger charge is -2.07. The molecule has 0 spiro atoms. The van der Waals surface area contributed by atoms with Crippen LogP contribution in [0.1, 0.15) is 5.56 Å². The van der Waals surface area contributed by atoms with Crippen molar-refractivity contribution >= 4 is 5.97 Å². The van der Waals surface area contributed by atoms with Crippen LogP contribution in [-0.4, -0.2) is 22.2 Å². The third-order valence-electron chi connectivity index (χ3n) is 1.80. The second-order valence-corrected chi connectivity index (χ2v) is 2.92. The van der Waals surface area contributed by atoms with Crippen LogP contribution in [0.2, 0.25) is 0 Å². The Morgan fingerprint density at radius 2 is 2.21 bits per heavy atom. The molecule has 1 rings (SSSR count). The summed E-state index contributed by atoms with van der Waals surface area (Å²) >= 11 is 0. The van der Waals surface area contributed by atoms with Crippen molar-refractivity contribution < 1.29 is 19.4 Å². The SMILES string of the molecule is NC(Cc1cc([18F])ccc1O)C(=O)O. The monoisotopic (exact) mass is 198 g/mol. The van der Waals surface area contributed by atoms with Crippen molar-refractivity contribution in [2.45, 2.75) is 12.5 Å². The summed E-state index contributed by atoms with van der Waals surface area (Å²) in [5.41, 5.74) is 5.43. The Morgan fingerprint density at radius 3 is 2.79 bits per heavy atom. The number of phenolic OH excluding ortho intramolecular Hbond substituents is 1. The highest BCUT2D eigenvalue weighted by atomic mass is 18.2. The lowest BCUT2D eigenvalue weighted by Crippen LogP contribution is -2.32. The van der Waals surface area contributed by atoms with Crippen LogP contribution in [0.3, 0.4) is 0 Å². The molecule has 0 aliphatic heterocycles. The van der Waals surface area contributed by atoms with Gasteiger partial charge in [0.25, 0.3) is 0 Å². The molecule has 0 aliphatic carbocycles.